The molecule has 4 heteroatoms. The molecule has 0 aromatic heterocycles. The molecule has 0 radical (unpaired) electrons. The van der Waals surface area contributed by atoms with Gasteiger partial charge in [-0.15, -0.1) is 0 Å². The lowest BCUT2D eigenvalue weighted by Crippen LogP contribution is -2.32. The number of hydrogen-bond donors (Lipinski definition) is 1. The Kier molecular flexibility index (Phi) is 3.24. The second-order valence-electron chi connectivity index (χ2n) is 3.99. The highest BCUT2D eigenvalue weighted by Crippen LogP contribution is 2.28. The lowest BCUT2D eigenvalue weighted by Gasteiger charge is -2.21. The second kappa shape index (κ2) is 4.67. The zero-order chi connectivity index (χ0) is 12.4. The summed E-state index contributed by atoms with van der Waals surface area (Å²) in [6.07, 6.45) is 0. The van der Waals surface area contributed by atoms with E-state index in [9.17, 15) is 4.79 Å². The molecule has 2 aromatic rings. The maximum Gasteiger partial charge on any atom is 0.334 e. The maximum absolute atomic E-state index is 11.9. The molecule has 0 N–H and O–H groups in total. The minimum Gasteiger partial charge on any atom is -0.330 e. The summed E-state index contributed by atoms with van der Waals surface area (Å²) in [6, 6.07) is 13.6. The summed E-state index contributed by atoms with van der Waals surface area (Å²) in [5.74, 6) is 0. The van der Waals surface area contributed by atoms with Gasteiger partial charge in [0.25, 0.3) is 0 Å². The van der Waals surface area contributed by atoms with Gasteiger partial charge in [0.15, 0.2) is 0 Å². The van der Waals surface area contributed by atoms with Crippen molar-refractivity contribution in [2.45, 2.75) is 0 Å². The first-order valence-corrected chi connectivity index (χ1v) is 5.69. The van der Waals surface area contributed by atoms with Crippen molar-refractivity contribution >= 4 is 35.3 Å². The lowest BCUT2D eigenvalue weighted by atomic mass is 10.1. The molecule has 0 bridgehead atoms. The van der Waals surface area contributed by atoms with Crippen molar-refractivity contribution in [3.05, 3.63) is 42.5 Å². The number of carbonyl (C=O) groups excluding carboxylic acids is 1. The van der Waals surface area contributed by atoms with Crippen molar-refractivity contribution in [3.63, 3.8) is 0 Å². The van der Waals surface area contributed by atoms with Crippen molar-refractivity contribution in [1.82, 2.24) is 4.90 Å². The van der Waals surface area contributed by atoms with Gasteiger partial charge in [0, 0.05) is 19.5 Å². The number of urea groups is 1. The molecule has 0 saturated heterocycles. The number of fused-ring (bicyclic) bond motifs is 1. The summed E-state index contributed by atoms with van der Waals surface area (Å²) in [4.78, 5) is 13.4. The van der Waals surface area contributed by atoms with Gasteiger partial charge in [-0.2, -0.15) is 0 Å². The van der Waals surface area contributed by atoms with Crippen LogP contribution in [0.3, 0.4) is 0 Å². The molecule has 0 unspecified atom stereocenters. The van der Waals surface area contributed by atoms with Gasteiger partial charge in [-0.3, -0.25) is 0 Å². The average Bonchev–Trinajstić information content (AvgIpc) is 2.36. The monoisotopic (exact) mass is 246 g/mol. The van der Waals surface area contributed by atoms with Crippen LogP contribution in [0.15, 0.2) is 42.5 Å². The van der Waals surface area contributed by atoms with E-state index in [4.69, 9.17) is 0 Å². The summed E-state index contributed by atoms with van der Waals surface area (Å²) in [5, 5.41) is 2.11. The lowest BCUT2D eigenvalue weighted by molar-refractivity contribution is 0.228. The smallest absolute Gasteiger partial charge is 0.330 e. The first kappa shape index (κ1) is 11.8. The molecule has 2 aromatic carbocycles. The standard InChI is InChI=1S/C13H14N2OS/c1-14(2)13(16)15(17)12-9-5-7-10-6-3-4-8-11(10)12/h3-9,17H,1-2H3. The zero-order valence-corrected chi connectivity index (χ0v) is 10.7. The van der Waals surface area contributed by atoms with Crippen LogP contribution in [0.25, 0.3) is 10.8 Å². The number of thiol groups is 1. The van der Waals surface area contributed by atoms with E-state index in [2.05, 4.69) is 12.8 Å². The molecule has 2 amide bonds. The van der Waals surface area contributed by atoms with E-state index < -0.39 is 0 Å². The zero-order valence-electron chi connectivity index (χ0n) is 9.79. The van der Waals surface area contributed by atoms with Crippen LogP contribution >= 0.6 is 12.8 Å². The summed E-state index contributed by atoms with van der Waals surface area (Å²) in [6.45, 7) is 0. The predicted octanol–water partition coefficient (Wildman–Crippen LogP) is 3.17. The van der Waals surface area contributed by atoms with Gasteiger partial charge >= 0.3 is 6.03 Å². The van der Waals surface area contributed by atoms with Crippen molar-refractivity contribution in [2.75, 3.05) is 18.4 Å². The molecule has 17 heavy (non-hydrogen) atoms. The van der Waals surface area contributed by atoms with Gasteiger partial charge in [-0.25, -0.2) is 9.10 Å². The normalized spacial score (nSPS) is 10.3. The maximum atomic E-state index is 11.9. The van der Waals surface area contributed by atoms with Crippen LogP contribution in [0.4, 0.5) is 10.5 Å². The Labute approximate surface area is 106 Å². The third kappa shape index (κ3) is 2.22. The Hall–Kier alpha value is -1.68. The Morgan fingerprint density at radius 2 is 1.71 bits per heavy atom. The highest BCUT2D eigenvalue weighted by Gasteiger charge is 2.15. The molecule has 0 spiro atoms. The Morgan fingerprint density at radius 3 is 2.41 bits per heavy atom. The van der Waals surface area contributed by atoms with Gasteiger partial charge in [-0.05, 0) is 11.5 Å². The minimum absolute atomic E-state index is 0.162. The fourth-order valence-electron chi connectivity index (χ4n) is 1.69. The van der Waals surface area contributed by atoms with Gasteiger partial charge in [0.05, 0.1) is 5.69 Å². The fraction of sp³-hybridized carbons (Fsp3) is 0.154. The number of amides is 2. The van der Waals surface area contributed by atoms with E-state index in [1.165, 1.54) is 9.21 Å². The Morgan fingerprint density at radius 1 is 1.06 bits per heavy atom. The molecule has 2 rings (SSSR count). The topological polar surface area (TPSA) is 23.6 Å². The molecular weight excluding hydrogens is 232 g/mol. The Bertz CT molecular complexity index is 549. The highest BCUT2D eigenvalue weighted by molar-refractivity contribution is 7.82. The quantitative estimate of drug-likeness (QED) is 0.768. The molecule has 0 aliphatic heterocycles. The van der Waals surface area contributed by atoms with Crippen LogP contribution in [0.1, 0.15) is 0 Å². The summed E-state index contributed by atoms with van der Waals surface area (Å²) in [7, 11) is 3.41. The SMILES string of the molecule is CN(C)C(=O)N(S)c1cccc2ccccc12. The Balaban J connectivity index is 2.52. The molecule has 0 saturated carbocycles. The largest absolute Gasteiger partial charge is 0.334 e. The number of rotatable bonds is 1. The highest BCUT2D eigenvalue weighted by atomic mass is 32.1. The van der Waals surface area contributed by atoms with Crippen LogP contribution in [0.2, 0.25) is 0 Å². The van der Waals surface area contributed by atoms with E-state index in [-0.39, 0.29) is 6.03 Å². The number of carbonyl (C=O) groups is 1. The number of hydrogen-bond acceptors (Lipinski definition) is 2. The van der Waals surface area contributed by atoms with Crippen molar-refractivity contribution in [2.24, 2.45) is 0 Å². The van der Waals surface area contributed by atoms with Gasteiger partial charge in [-0.1, -0.05) is 49.2 Å². The number of nitrogens with zero attached hydrogens (tertiary/aromatic N) is 2. The van der Waals surface area contributed by atoms with Crippen LogP contribution in [-0.2, 0) is 0 Å². The molecule has 3 nitrogen and oxygen atoms in total. The summed E-state index contributed by atoms with van der Waals surface area (Å²) < 4.78 is 1.36. The number of benzene rings is 2. The second-order valence-corrected chi connectivity index (χ2v) is 4.39. The third-order valence-corrected chi connectivity index (χ3v) is 2.95. The molecule has 0 heterocycles. The van der Waals surface area contributed by atoms with Crippen molar-refractivity contribution in [1.29, 1.82) is 0 Å². The molecule has 0 aliphatic carbocycles. The van der Waals surface area contributed by atoms with Crippen LogP contribution in [-0.4, -0.2) is 25.0 Å². The van der Waals surface area contributed by atoms with Gasteiger partial charge in [0.2, 0.25) is 0 Å². The number of anilines is 1. The molecule has 0 atom stereocenters. The van der Waals surface area contributed by atoms with E-state index >= 15 is 0 Å². The summed E-state index contributed by atoms with van der Waals surface area (Å²) in [5.41, 5.74) is 0.796. The first-order chi connectivity index (χ1) is 8.11. The van der Waals surface area contributed by atoms with E-state index in [1.54, 1.807) is 14.1 Å². The van der Waals surface area contributed by atoms with Crippen LogP contribution in [0.5, 0.6) is 0 Å². The van der Waals surface area contributed by atoms with E-state index in [1.807, 2.05) is 42.5 Å². The predicted molar refractivity (Wildman–Crippen MR) is 74.5 cm³/mol. The van der Waals surface area contributed by atoms with Gasteiger partial charge < -0.3 is 4.90 Å². The molecule has 88 valence electrons. The van der Waals surface area contributed by atoms with Crippen molar-refractivity contribution < 1.29 is 4.79 Å². The first-order valence-electron chi connectivity index (χ1n) is 5.29. The van der Waals surface area contributed by atoms with Crippen LogP contribution < -0.4 is 4.31 Å². The summed E-state index contributed by atoms with van der Waals surface area (Å²) >= 11 is 4.27. The molecule has 0 fully saturated rings. The fourth-order valence-corrected chi connectivity index (χ4v) is 2.04. The van der Waals surface area contributed by atoms with Crippen molar-refractivity contribution in [3.8, 4) is 0 Å². The molecular formula is C13H14N2OS. The minimum atomic E-state index is -0.162. The average molecular weight is 246 g/mol. The third-order valence-electron chi connectivity index (χ3n) is 2.56. The van der Waals surface area contributed by atoms with E-state index in [0.717, 1.165) is 16.5 Å². The molecule has 0 aliphatic rings. The van der Waals surface area contributed by atoms with Gasteiger partial charge in [0.1, 0.15) is 0 Å². The van der Waals surface area contributed by atoms with E-state index in [0.29, 0.717) is 0 Å². The van der Waals surface area contributed by atoms with Crippen LogP contribution in [0, 0.1) is 0 Å².